The summed E-state index contributed by atoms with van der Waals surface area (Å²) >= 11 is 1.07. The third-order valence-electron chi connectivity index (χ3n) is 2.17. The second-order valence-electron chi connectivity index (χ2n) is 3.49. The number of carbonyl (C=O) groups is 1. The van der Waals surface area contributed by atoms with E-state index in [1.165, 1.54) is 0 Å². The molecule has 0 spiro atoms. The predicted octanol–water partition coefficient (Wildman–Crippen LogP) is 2.94. The van der Waals surface area contributed by atoms with Gasteiger partial charge in [0.2, 0.25) is 0 Å². The van der Waals surface area contributed by atoms with E-state index in [0.717, 1.165) is 30.0 Å². The average Bonchev–Trinajstić information content (AvgIpc) is 2.32. The summed E-state index contributed by atoms with van der Waals surface area (Å²) in [6, 6.07) is 3.19. The molecular weight excluding hydrogens is 262 g/mol. The maximum Gasteiger partial charge on any atom is 0.332 e. The molecule has 1 rings (SSSR count). The van der Waals surface area contributed by atoms with Crippen molar-refractivity contribution in [1.82, 2.24) is 0 Å². The molecule has 100 valence electrons. The molecule has 0 aliphatic carbocycles. The number of hydrogen-bond donors (Lipinski definition) is 1. The van der Waals surface area contributed by atoms with Crippen LogP contribution in [0, 0.1) is 11.6 Å². The van der Waals surface area contributed by atoms with E-state index in [0.29, 0.717) is 12.4 Å². The van der Waals surface area contributed by atoms with Crippen LogP contribution in [0.1, 0.15) is 13.3 Å². The summed E-state index contributed by atoms with van der Waals surface area (Å²) in [4.78, 5) is 11.0. The van der Waals surface area contributed by atoms with Gasteiger partial charge in [-0.05, 0) is 31.5 Å². The maximum absolute atomic E-state index is 13.3. The van der Waals surface area contributed by atoms with Crippen LogP contribution in [0.25, 0.3) is 0 Å². The SMILES string of the molecule is CCOC(CCSc1cc(F)ccc1F)C(=O)O. The van der Waals surface area contributed by atoms with Crippen LogP contribution in [-0.4, -0.2) is 29.5 Å². The van der Waals surface area contributed by atoms with Crippen LogP contribution in [0.2, 0.25) is 0 Å². The maximum atomic E-state index is 13.3. The van der Waals surface area contributed by atoms with Crippen LogP contribution in [0.5, 0.6) is 0 Å². The third-order valence-corrected chi connectivity index (χ3v) is 3.24. The highest BCUT2D eigenvalue weighted by atomic mass is 32.2. The number of thioether (sulfide) groups is 1. The first kappa shape index (κ1) is 14.9. The van der Waals surface area contributed by atoms with E-state index in [1.54, 1.807) is 6.92 Å². The van der Waals surface area contributed by atoms with E-state index in [2.05, 4.69) is 0 Å². The Balaban J connectivity index is 2.49. The molecule has 1 unspecified atom stereocenters. The van der Waals surface area contributed by atoms with Gasteiger partial charge in [-0.15, -0.1) is 11.8 Å². The Labute approximate surface area is 108 Å². The van der Waals surface area contributed by atoms with Gasteiger partial charge in [-0.25, -0.2) is 13.6 Å². The lowest BCUT2D eigenvalue weighted by molar-refractivity contribution is -0.150. The smallest absolute Gasteiger partial charge is 0.332 e. The van der Waals surface area contributed by atoms with Gasteiger partial charge >= 0.3 is 5.97 Å². The second-order valence-corrected chi connectivity index (χ2v) is 4.63. The number of carboxylic acids is 1. The summed E-state index contributed by atoms with van der Waals surface area (Å²) in [7, 11) is 0. The molecule has 0 fully saturated rings. The molecule has 3 nitrogen and oxygen atoms in total. The highest BCUT2D eigenvalue weighted by Gasteiger charge is 2.17. The lowest BCUT2D eigenvalue weighted by Crippen LogP contribution is -2.24. The number of hydrogen-bond acceptors (Lipinski definition) is 3. The zero-order valence-corrected chi connectivity index (χ0v) is 10.7. The summed E-state index contributed by atoms with van der Waals surface area (Å²) in [5.41, 5.74) is 0. The largest absolute Gasteiger partial charge is 0.479 e. The fourth-order valence-electron chi connectivity index (χ4n) is 1.34. The predicted molar refractivity (Wildman–Crippen MR) is 64.7 cm³/mol. The molecule has 0 aliphatic rings. The fraction of sp³-hybridized carbons (Fsp3) is 0.417. The van der Waals surface area contributed by atoms with Gasteiger partial charge in [0, 0.05) is 17.3 Å². The van der Waals surface area contributed by atoms with Crippen molar-refractivity contribution in [2.45, 2.75) is 24.3 Å². The summed E-state index contributed by atoms with van der Waals surface area (Å²) in [5.74, 6) is -1.72. The lowest BCUT2D eigenvalue weighted by Gasteiger charge is -2.11. The van der Waals surface area contributed by atoms with Gasteiger partial charge in [0.25, 0.3) is 0 Å². The Hall–Kier alpha value is -1.14. The number of aliphatic carboxylic acids is 1. The molecule has 0 amide bonds. The summed E-state index contributed by atoms with van der Waals surface area (Å²) in [5, 5.41) is 8.83. The van der Waals surface area contributed by atoms with E-state index >= 15 is 0 Å². The Bertz CT molecular complexity index is 412. The molecule has 1 N–H and O–H groups in total. The zero-order valence-electron chi connectivity index (χ0n) is 9.86. The molecule has 0 bridgehead atoms. The summed E-state index contributed by atoms with van der Waals surface area (Å²) < 4.78 is 31.2. The second kappa shape index (κ2) is 7.33. The minimum atomic E-state index is -1.04. The molecule has 18 heavy (non-hydrogen) atoms. The van der Waals surface area contributed by atoms with Crippen LogP contribution in [0.3, 0.4) is 0 Å². The number of rotatable bonds is 7. The van der Waals surface area contributed by atoms with Gasteiger partial charge in [0.1, 0.15) is 11.6 Å². The monoisotopic (exact) mass is 276 g/mol. The van der Waals surface area contributed by atoms with Crippen molar-refractivity contribution in [3.05, 3.63) is 29.8 Å². The van der Waals surface area contributed by atoms with Crippen LogP contribution in [0.4, 0.5) is 8.78 Å². The first-order valence-electron chi connectivity index (χ1n) is 5.46. The van der Waals surface area contributed by atoms with Crippen molar-refractivity contribution in [2.75, 3.05) is 12.4 Å². The lowest BCUT2D eigenvalue weighted by atomic mass is 10.3. The topological polar surface area (TPSA) is 46.5 Å². The molecule has 0 aliphatic heterocycles. The van der Waals surface area contributed by atoms with E-state index < -0.39 is 23.7 Å². The van der Waals surface area contributed by atoms with Gasteiger partial charge in [-0.2, -0.15) is 0 Å². The van der Waals surface area contributed by atoms with Crippen LogP contribution in [-0.2, 0) is 9.53 Å². The Morgan fingerprint density at radius 3 is 2.83 bits per heavy atom. The van der Waals surface area contributed by atoms with E-state index in [9.17, 15) is 13.6 Å². The molecule has 0 aromatic heterocycles. The summed E-state index contributed by atoms with van der Waals surface area (Å²) in [6.07, 6.45) is -0.664. The van der Waals surface area contributed by atoms with Gasteiger partial charge in [-0.3, -0.25) is 0 Å². The minimum absolute atomic E-state index is 0.177. The van der Waals surface area contributed by atoms with Crippen molar-refractivity contribution in [1.29, 1.82) is 0 Å². The fourth-order valence-corrected chi connectivity index (χ4v) is 2.30. The molecule has 0 saturated heterocycles. The van der Waals surface area contributed by atoms with Crippen molar-refractivity contribution in [3.8, 4) is 0 Å². The van der Waals surface area contributed by atoms with E-state index in [1.807, 2.05) is 0 Å². The molecule has 0 saturated carbocycles. The number of carboxylic acid groups (broad SMARTS) is 1. The van der Waals surface area contributed by atoms with Crippen LogP contribution < -0.4 is 0 Å². The van der Waals surface area contributed by atoms with Crippen LogP contribution in [0.15, 0.2) is 23.1 Å². The van der Waals surface area contributed by atoms with Crippen LogP contribution >= 0.6 is 11.8 Å². The van der Waals surface area contributed by atoms with Gasteiger partial charge in [0.05, 0.1) is 0 Å². The standard InChI is InChI=1S/C12H14F2O3S/c1-2-17-10(12(15)16)5-6-18-11-7-8(13)3-4-9(11)14/h3-4,7,10H,2,5-6H2,1H3,(H,15,16). The molecule has 0 heterocycles. The van der Waals surface area contributed by atoms with Crippen molar-refractivity contribution < 1.29 is 23.4 Å². The summed E-state index contributed by atoms with van der Waals surface area (Å²) in [6.45, 7) is 2.01. The van der Waals surface area contributed by atoms with Gasteiger partial charge < -0.3 is 9.84 Å². The highest BCUT2D eigenvalue weighted by molar-refractivity contribution is 7.99. The van der Waals surface area contributed by atoms with Gasteiger partial charge in [0.15, 0.2) is 6.10 Å². The molecule has 6 heteroatoms. The average molecular weight is 276 g/mol. The molecule has 1 aromatic carbocycles. The Kier molecular flexibility index (Phi) is 6.07. The number of halogens is 2. The highest BCUT2D eigenvalue weighted by Crippen LogP contribution is 2.24. The van der Waals surface area contributed by atoms with Gasteiger partial charge in [-0.1, -0.05) is 0 Å². The normalized spacial score (nSPS) is 12.4. The minimum Gasteiger partial charge on any atom is -0.479 e. The van der Waals surface area contributed by atoms with Crippen molar-refractivity contribution in [2.24, 2.45) is 0 Å². The Morgan fingerprint density at radius 2 is 2.22 bits per heavy atom. The first-order chi connectivity index (χ1) is 8.54. The first-order valence-corrected chi connectivity index (χ1v) is 6.45. The quantitative estimate of drug-likeness (QED) is 0.778. The molecule has 1 aromatic rings. The Morgan fingerprint density at radius 1 is 1.50 bits per heavy atom. The van der Waals surface area contributed by atoms with E-state index in [-0.39, 0.29) is 11.3 Å². The van der Waals surface area contributed by atoms with Crippen molar-refractivity contribution in [3.63, 3.8) is 0 Å². The van der Waals surface area contributed by atoms with E-state index in [4.69, 9.17) is 9.84 Å². The molecular formula is C12H14F2O3S. The zero-order chi connectivity index (χ0) is 13.5. The third kappa shape index (κ3) is 4.62. The van der Waals surface area contributed by atoms with Crippen molar-refractivity contribution >= 4 is 17.7 Å². The number of benzene rings is 1. The number of ether oxygens (including phenoxy) is 1. The molecule has 0 radical (unpaired) electrons. The molecule has 1 atom stereocenters.